The van der Waals surface area contributed by atoms with Crippen LogP contribution in [0.5, 0.6) is 0 Å². The number of rotatable bonds is 4. The van der Waals surface area contributed by atoms with E-state index < -0.39 is 5.97 Å². The molecule has 3 rings (SSSR count). The SMILES string of the molecule is CCN1CCOC(CN2Cc3ccc(C(=O)O)cc3C2)C1. The van der Waals surface area contributed by atoms with Crippen molar-refractivity contribution in [2.24, 2.45) is 0 Å². The molecule has 0 aliphatic carbocycles. The van der Waals surface area contributed by atoms with E-state index in [1.54, 1.807) is 12.1 Å². The highest BCUT2D eigenvalue weighted by Crippen LogP contribution is 2.24. The van der Waals surface area contributed by atoms with Gasteiger partial charge < -0.3 is 9.84 Å². The van der Waals surface area contributed by atoms with Gasteiger partial charge in [-0.1, -0.05) is 13.0 Å². The molecule has 1 atom stereocenters. The van der Waals surface area contributed by atoms with Crippen molar-refractivity contribution in [1.29, 1.82) is 0 Å². The zero-order valence-corrected chi connectivity index (χ0v) is 12.4. The van der Waals surface area contributed by atoms with Gasteiger partial charge in [-0.05, 0) is 29.8 Å². The quantitative estimate of drug-likeness (QED) is 0.909. The van der Waals surface area contributed by atoms with E-state index in [-0.39, 0.29) is 6.10 Å². The summed E-state index contributed by atoms with van der Waals surface area (Å²) in [5, 5.41) is 9.06. The lowest BCUT2D eigenvalue weighted by Gasteiger charge is -2.34. The summed E-state index contributed by atoms with van der Waals surface area (Å²) < 4.78 is 5.86. The Morgan fingerprint density at radius 2 is 2.14 bits per heavy atom. The highest BCUT2D eigenvalue weighted by molar-refractivity contribution is 5.87. The molecule has 21 heavy (non-hydrogen) atoms. The monoisotopic (exact) mass is 290 g/mol. The maximum absolute atomic E-state index is 11.0. The number of carboxylic acids is 1. The van der Waals surface area contributed by atoms with Gasteiger partial charge in [0.05, 0.1) is 18.3 Å². The molecule has 1 unspecified atom stereocenters. The molecule has 2 aliphatic rings. The van der Waals surface area contributed by atoms with E-state index in [9.17, 15) is 4.79 Å². The Morgan fingerprint density at radius 1 is 1.33 bits per heavy atom. The van der Waals surface area contributed by atoms with Crippen LogP contribution in [-0.2, 0) is 17.8 Å². The van der Waals surface area contributed by atoms with E-state index in [1.807, 2.05) is 6.07 Å². The van der Waals surface area contributed by atoms with E-state index in [0.717, 1.165) is 51.4 Å². The summed E-state index contributed by atoms with van der Waals surface area (Å²) in [5.74, 6) is -0.856. The number of benzene rings is 1. The van der Waals surface area contributed by atoms with E-state index in [4.69, 9.17) is 9.84 Å². The molecule has 0 spiro atoms. The third kappa shape index (κ3) is 3.26. The van der Waals surface area contributed by atoms with Crippen molar-refractivity contribution in [2.45, 2.75) is 26.1 Å². The number of hydrogen-bond acceptors (Lipinski definition) is 4. The molecule has 0 amide bonds. The van der Waals surface area contributed by atoms with Crippen LogP contribution in [0.3, 0.4) is 0 Å². The minimum Gasteiger partial charge on any atom is -0.478 e. The van der Waals surface area contributed by atoms with Crippen LogP contribution in [0.25, 0.3) is 0 Å². The average molecular weight is 290 g/mol. The summed E-state index contributed by atoms with van der Waals surface area (Å²) in [4.78, 5) is 15.8. The molecule has 1 saturated heterocycles. The lowest BCUT2D eigenvalue weighted by Crippen LogP contribution is -2.46. The number of aromatic carboxylic acids is 1. The third-order valence-electron chi connectivity index (χ3n) is 4.37. The number of carbonyl (C=O) groups is 1. The molecule has 0 radical (unpaired) electrons. The number of likely N-dealkylation sites (N-methyl/N-ethyl adjacent to an activating group) is 1. The Morgan fingerprint density at radius 3 is 2.90 bits per heavy atom. The normalized spacial score (nSPS) is 23.2. The van der Waals surface area contributed by atoms with Crippen molar-refractivity contribution in [2.75, 3.05) is 32.8 Å². The second kappa shape index (κ2) is 6.13. The first-order chi connectivity index (χ1) is 10.2. The Kier molecular flexibility index (Phi) is 4.24. The zero-order valence-electron chi connectivity index (χ0n) is 12.4. The molecule has 2 heterocycles. The van der Waals surface area contributed by atoms with Gasteiger partial charge in [0.2, 0.25) is 0 Å². The smallest absolute Gasteiger partial charge is 0.335 e. The first kappa shape index (κ1) is 14.5. The van der Waals surface area contributed by atoms with Crippen molar-refractivity contribution in [3.8, 4) is 0 Å². The van der Waals surface area contributed by atoms with Crippen LogP contribution in [0.1, 0.15) is 28.4 Å². The average Bonchev–Trinajstić information content (AvgIpc) is 2.88. The van der Waals surface area contributed by atoms with Gasteiger partial charge in [0.1, 0.15) is 0 Å². The van der Waals surface area contributed by atoms with Crippen LogP contribution in [0.4, 0.5) is 0 Å². The van der Waals surface area contributed by atoms with Crippen LogP contribution in [0, 0.1) is 0 Å². The summed E-state index contributed by atoms with van der Waals surface area (Å²) >= 11 is 0. The highest BCUT2D eigenvalue weighted by Gasteiger charge is 2.26. The Balaban J connectivity index is 1.61. The number of fused-ring (bicyclic) bond motifs is 1. The summed E-state index contributed by atoms with van der Waals surface area (Å²) in [6, 6.07) is 5.44. The molecule has 0 saturated carbocycles. The fraction of sp³-hybridized carbons (Fsp3) is 0.562. The van der Waals surface area contributed by atoms with E-state index in [1.165, 1.54) is 5.56 Å². The minimum atomic E-state index is -0.856. The van der Waals surface area contributed by atoms with E-state index in [2.05, 4.69) is 16.7 Å². The van der Waals surface area contributed by atoms with Crippen molar-refractivity contribution < 1.29 is 14.6 Å². The Bertz CT molecular complexity index is 532. The van der Waals surface area contributed by atoms with Gasteiger partial charge in [0.15, 0.2) is 0 Å². The van der Waals surface area contributed by atoms with Gasteiger partial charge in [-0.2, -0.15) is 0 Å². The van der Waals surface area contributed by atoms with Crippen LogP contribution < -0.4 is 0 Å². The predicted molar refractivity (Wildman–Crippen MR) is 79.4 cm³/mol. The minimum absolute atomic E-state index is 0.256. The number of carboxylic acid groups (broad SMARTS) is 1. The van der Waals surface area contributed by atoms with Gasteiger partial charge in [-0.3, -0.25) is 9.80 Å². The summed E-state index contributed by atoms with van der Waals surface area (Å²) in [7, 11) is 0. The second-order valence-electron chi connectivity index (χ2n) is 5.84. The first-order valence-electron chi connectivity index (χ1n) is 7.57. The van der Waals surface area contributed by atoms with Crippen molar-refractivity contribution in [3.05, 3.63) is 34.9 Å². The van der Waals surface area contributed by atoms with Gasteiger partial charge in [-0.25, -0.2) is 4.79 Å². The molecule has 0 bridgehead atoms. The lowest BCUT2D eigenvalue weighted by molar-refractivity contribution is -0.0424. The molecule has 1 N–H and O–H groups in total. The molecule has 114 valence electrons. The van der Waals surface area contributed by atoms with Crippen LogP contribution in [-0.4, -0.2) is 59.8 Å². The third-order valence-corrected chi connectivity index (χ3v) is 4.37. The van der Waals surface area contributed by atoms with Crippen LogP contribution in [0.15, 0.2) is 18.2 Å². The molecule has 2 aliphatic heterocycles. The van der Waals surface area contributed by atoms with Crippen LogP contribution in [0.2, 0.25) is 0 Å². The molecule has 1 aromatic carbocycles. The van der Waals surface area contributed by atoms with E-state index >= 15 is 0 Å². The standard InChI is InChI=1S/C16H22N2O3/c1-2-17-5-6-21-15(10-17)11-18-8-13-4-3-12(16(19)20)7-14(13)9-18/h3-4,7,15H,2,5-6,8-11H2,1H3,(H,19,20). The molecule has 5 nitrogen and oxygen atoms in total. The zero-order chi connectivity index (χ0) is 14.8. The van der Waals surface area contributed by atoms with Gasteiger partial charge >= 0.3 is 5.97 Å². The second-order valence-corrected chi connectivity index (χ2v) is 5.84. The number of ether oxygens (including phenoxy) is 1. The van der Waals surface area contributed by atoms with Crippen LogP contribution >= 0.6 is 0 Å². The van der Waals surface area contributed by atoms with Crippen molar-refractivity contribution in [1.82, 2.24) is 9.80 Å². The van der Waals surface area contributed by atoms with E-state index in [0.29, 0.717) is 5.56 Å². The lowest BCUT2D eigenvalue weighted by atomic mass is 10.1. The molecular weight excluding hydrogens is 268 g/mol. The Labute approximate surface area is 125 Å². The van der Waals surface area contributed by atoms with Gasteiger partial charge in [-0.15, -0.1) is 0 Å². The van der Waals surface area contributed by atoms with Crippen molar-refractivity contribution in [3.63, 3.8) is 0 Å². The summed E-state index contributed by atoms with van der Waals surface area (Å²) in [6.45, 7) is 8.70. The topological polar surface area (TPSA) is 53.0 Å². The molecule has 5 heteroatoms. The summed E-state index contributed by atoms with van der Waals surface area (Å²) in [5.41, 5.74) is 2.75. The summed E-state index contributed by atoms with van der Waals surface area (Å²) in [6.07, 6.45) is 0.256. The molecule has 1 fully saturated rings. The molecular formula is C16H22N2O3. The van der Waals surface area contributed by atoms with Crippen molar-refractivity contribution >= 4 is 5.97 Å². The molecule has 0 aromatic heterocycles. The van der Waals surface area contributed by atoms with Gasteiger partial charge in [0, 0.05) is 32.7 Å². The number of morpholine rings is 1. The fourth-order valence-electron chi connectivity index (χ4n) is 3.19. The predicted octanol–water partition coefficient (Wildman–Crippen LogP) is 1.42. The Hall–Kier alpha value is -1.43. The maximum Gasteiger partial charge on any atom is 0.335 e. The van der Waals surface area contributed by atoms with Gasteiger partial charge in [0.25, 0.3) is 0 Å². The largest absolute Gasteiger partial charge is 0.478 e. The number of nitrogens with zero attached hydrogens (tertiary/aromatic N) is 2. The molecule has 1 aromatic rings. The first-order valence-corrected chi connectivity index (χ1v) is 7.57. The number of hydrogen-bond donors (Lipinski definition) is 1. The fourth-order valence-corrected chi connectivity index (χ4v) is 3.19. The highest BCUT2D eigenvalue weighted by atomic mass is 16.5. The maximum atomic E-state index is 11.0.